The Morgan fingerprint density at radius 1 is 1.21 bits per heavy atom. The molecule has 124 valence electrons. The molecule has 0 spiro atoms. The second kappa shape index (κ2) is 5.14. The van der Waals surface area contributed by atoms with Crippen LogP contribution in [0.5, 0.6) is 0 Å². The highest BCUT2D eigenvalue weighted by atomic mass is 32.1. The highest BCUT2D eigenvalue weighted by molar-refractivity contribution is 7.12. The van der Waals surface area contributed by atoms with E-state index in [1.54, 1.807) is 0 Å². The van der Waals surface area contributed by atoms with Crippen LogP contribution in [0, 0.1) is 11.3 Å². The SMILES string of the molecule is N#Cc1ccc([C@]2(c3nnc(C4CCC4)n3C3CC3)C[C@@H](O)C2)s1. The van der Waals surface area contributed by atoms with Crippen molar-refractivity contribution in [2.45, 2.75) is 68.4 Å². The highest BCUT2D eigenvalue weighted by Gasteiger charge is 2.52. The molecule has 3 aliphatic rings. The number of aliphatic hydroxyl groups excluding tert-OH is 1. The highest BCUT2D eigenvalue weighted by Crippen LogP contribution is 2.53. The van der Waals surface area contributed by atoms with Gasteiger partial charge in [0.25, 0.3) is 0 Å². The number of nitriles is 1. The zero-order valence-electron chi connectivity index (χ0n) is 13.5. The van der Waals surface area contributed by atoms with Gasteiger partial charge in [0, 0.05) is 16.8 Å². The third kappa shape index (κ3) is 2.01. The summed E-state index contributed by atoms with van der Waals surface area (Å²) in [6.07, 6.45) is 7.23. The quantitative estimate of drug-likeness (QED) is 0.927. The first-order chi connectivity index (χ1) is 11.7. The maximum absolute atomic E-state index is 10.1. The van der Waals surface area contributed by atoms with Gasteiger partial charge >= 0.3 is 0 Å². The largest absolute Gasteiger partial charge is 0.393 e. The van der Waals surface area contributed by atoms with E-state index in [4.69, 9.17) is 0 Å². The lowest BCUT2D eigenvalue weighted by molar-refractivity contribution is 0.0333. The van der Waals surface area contributed by atoms with Gasteiger partial charge in [0.15, 0.2) is 0 Å². The maximum atomic E-state index is 10.1. The lowest BCUT2D eigenvalue weighted by Gasteiger charge is -2.44. The third-order valence-corrected chi connectivity index (χ3v) is 7.08. The Kier molecular flexibility index (Phi) is 3.13. The van der Waals surface area contributed by atoms with E-state index in [0.717, 1.165) is 21.4 Å². The van der Waals surface area contributed by atoms with E-state index in [2.05, 4.69) is 20.8 Å². The molecule has 0 amide bonds. The van der Waals surface area contributed by atoms with Crippen molar-refractivity contribution in [2.75, 3.05) is 0 Å². The van der Waals surface area contributed by atoms with Gasteiger partial charge in [-0.2, -0.15) is 5.26 Å². The van der Waals surface area contributed by atoms with E-state index < -0.39 is 0 Å². The van der Waals surface area contributed by atoms with Gasteiger partial charge in [-0.15, -0.1) is 21.5 Å². The minimum Gasteiger partial charge on any atom is -0.393 e. The van der Waals surface area contributed by atoms with Gasteiger partial charge in [-0.1, -0.05) is 6.42 Å². The molecule has 0 bridgehead atoms. The van der Waals surface area contributed by atoms with E-state index in [1.807, 2.05) is 12.1 Å². The zero-order valence-corrected chi connectivity index (χ0v) is 14.3. The smallest absolute Gasteiger partial charge is 0.145 e. The first kappa shape index (κ1) is 14.6. The monoisotopic (exact) mass is 340 g/mol. The van der Waals surface area contributed by atoms with Crippen molar-refractivity contribution >= 4 is 11.3 Å². The second-order valence-electron chi connectivity index (χ2n) is 7.53. The molecule has 24 heavy (non-hydrogen) atoms. The fourth-order valence-electron chi connectivity index (χ4n) is 4.16. The number of rotatable bonds is 4. The first-order valence-corrected chi connectivity index (χ1v) is 9.67. The molecular weight excluding hydrogens is 320 g/mol. The molecule has 0 radical (unpaired) electrons. The minimum atomic E-state index is -0.283. The molecule has 2 aromatic rings. The molecule has 2 heterocycles. The van der Waals surface area contributed by atoms with Crippen molar-refractivity contribution in [2.24, 2.45) is 0 Å². The summed E-state index contributed by atoms with van der Waals surface area (Å²) in [5, 5.41) is 28.5. The number of hydrogen-bond donors (Lipinski definition) is 1. The number of thiophene rings is 1. The van der Waals surface area contributed by atoms with Crippen LogP contribution < -0.4 is 0 Å². The lowest BCUT2D eigenvalue weighted by Crippen LogP contribution is -2.47. The van der Waals surface area contributed by atoms with Gasteiger partial charge in [0.1, 0.15) is 22.6 Å². The summed E-state index contributed by atoms with van der Waals surface area (Å²) < 4.78 is 2.40. The molecule has 5 nitrogen and oxygen atoms in total. The van der Waals surface area contributed by atoms with Crippen molar-refractivity contribution in [3.05, 3.63) is 33.5 Å². The molecule has 0 saturated heterocycles. The molecule has 6 heteroatoms. The fourth-order valence-corrected chi connectivity index (χ4v) is 5.17. The van der Waals surface area contributed by atoms with Crippen molar-refractivity contribution in [1.29, 1.82) is 5.26 Å². The number of aromatic nitrogens is 3. The van der Waals surface area contributed by atoms with Gasteiger partial charge in [-0.25, -0.2) is 0 Å². The van der Waals surface area contributed by atoms with E-state index in [-0.39, 0.29) is 11.5 Å². The predicted octanol–water partition coefficient (Wildman–Crippen LogP) is 3.25. The Morgan fingerprint density at radius 2 is 2.00 bits per heavy atom. The van der Waals surface area contributed by atoms with E-state index in [1.165, 1.54) is 43.4 Å². The second-order valence-corrected chi connectivity index (χ2v) is 8.61. The molecule has 0 atom stereocenters. The van der Waals surface area contributed by atoms with Crippen LogP contribution in [0.3, 0.4) is 0 Å². The van der Waals surface area contributed by atoms with Crippen molar-refractivity contribution < 1.29 is 5.11 Å². The van der Waals surface area contributed by atoms with E-state index in [9.17, 15) is 10.4 Å². The summed E-state index contributed by atoms with van der Waals surface area (Å²) in [6, 6.07) is 6.70. The van der Waals surface area contributed by atoms with E-state index in [0.29, 0.717) is 24.8 Å². The molecule has 1 N–H and O–H groups in total. The van der Waals surface area contributed by atoms with Crippen molar-refractivity contribution in [3.63, 3.8) is 0 Å². The summed E-state index contributed by atoms with van der Waals surface area (Å²) >= 11 is 1.54. The number of hydrogen-bond acceptors (Lipinski definition) is 5. The summed E-state index contributed by atoms with van der Waals surface area (Å²) in [4.78, 5) is 1.88. The van der Waals surface area contributed by atoms with Crippen LogP contribution in [0.15, 0.2) is 12.1 Å². The topological polar surface area (TPSA) is 74.7 Å². The molecule has 3 saturated carbocycles. The van der Waals surface area contributed by atoms with E-state index >= 15 is 0 Å². The average Bonchev–Trinajstić information content (AvgIpc) is 3.07. The van der Waals surface area contributed by atoms with Crippen molar-refractivity contribution in [3.8, 4) is 6.07 Å². The first-order valence-electron chi connectivity index (χ1n) is 8.85. The Hall–Kier alpha value is -1.71. The fraction of sp³-hybridized carbons (Fsp3) is 0.611. The Morgan fingerprint density at radius 3 is 2.54 bits per heavy atom. The van der Waals surface area contributed by atoms with Crippen LogP contribution in [0.4, 0.5) is 0 Å². The number of nitrogens with zero attached hydrogens (tertiary/aromatic N) is 4. The standard InChI is InChI=1S/C18H20N4OS/c19-10-14-6-7-15(24-14)18(8-13(23)9-18)17-21-20-16(11-2-1-3-11)22(17)12-4-5-12/h6-7,11-13,23H,1-5,8-9H2/t13-,18+. The Labute approximate surface area is 145 Å². The average molecular weight is 340 g/mol. The van der Waals surface area contributed by atoms with Gasteiger partial charge in [-0.3, -0.25) is 0 Å². The molecule has 0 aliphatic heterocycles. The predicted molar refractivity (Wildman–Crippen MR) is 89.9 cm³/mol. The summed E-state index contributed by atoms with van der Waals surface area (Å²) in [7, 11) is 0. The van der Waals surface area contributed by atoms with Crippen LogP contribution in [0.1, 0.15) is 78.3 Å². The van der Waals surface area contributed by atoms with Crippen molar-refractivity contribution in [1.82, 2.24) is 14.8 Å². The van der Waals surface area contributed by atoms with Crippen LogP contribution in [-0.2, 0) is 5.41 Å². The van der Waals surface area contributed by atoms with Crippen LogP contribution in [0.25, 0.3) is 0 Å². The third-order valence-electron chi connectivity index (χ3n) is 5.89. The molecule has 5 rings (SSSR count). The molecule has 0 unspecified atom stereocenters. The molecule has 3 fully saturated rings. The Balaban J connectivity index is 1.62. The minimum absolute atomic E-state index is 0.253. The molecular formula is C18H20N4OS. The lowest BCUT2D eigenvalue weighted by atomic mass is 9.65. The Bertz CT molecular complexity index is 818. The maximum Gasteiger partial charge on any atom is 0.145 e. The molecule has 3 aliphatic carbocycles. The van der Waals surface area contributed by atoms with Gasteiger partial charge in [-0.05, 0) is 50.7 Å². The normalized spacial score (nSPS) is 29.8. The molecule has 0 aromatic carbocycles. The van der Waals surface area contributed by atoms with Crippen LogP contribution in [0.2, 0.25) is 0 Å². The summed E-state index contributed by atoms with van der Waals surface area (Å²) in [5.41, 5.74) is -0.253. The van der Waals surface area contributed by atoms with Gasteiger partial charge in [0.2, 0.25) is 0 Å². The summed E-state index contributed by atoms with van der Waals surface area (Å²) in [6.45, 7) is 0. The number of aliphatic hydroxyl groups is 1. The van der Waals surface area contributed by atoms with Crippen LogP contribution in [-0.4, -0.2) is 26.0 Å². The van der Waals surface area contributed by atoms with Gasteiger partial charge < -0.3 is 9.67 Å². The van der Waals surface area contributed by atoms with Gasteiger partial charge in [0.05, 0.1) is 11.5 Å². The summed E-state index contributed by atoms with van der Waals surface area (Å²) in [5.74, 6) is 2.76. The zero-order chi connectivity index (χ0) is 16.3. The van der Waals surface area contributed by atoms with Crippen LogP contribution >= 0.6 is 11.3 Å². The molecule has 2 aromatic heterocycles.